The van der Waals surface area contributed by atoms with Crippen LogP contribution in [0.1, 0.15) is 10.5 Å². The van der Waals surface area contributed by atoms with Crippen molar-refractivity contribution < 1.29 is 9.59 Å². The monoisotopic (exact) mass is 430 g/mol. The summed E-state index contributed by atoms with van der Waals surface area (Å²) in [5, 5.41) is 6.78. The zero-order chi connectivity index (χ0) is 18.4. The summed E-state index contributed by atoms with van der Waals surface area (Å²) in [4.78, 5) is 24.9. The highest BCUT2D eigenvalue weighted by molar-refractivity contribution is 9.10. The molecule has 2 aromatic carbocycles. The second-order valence-electron chi connectivity index (χ2n) is 5.28. The number of hydrazine groups is 1. The maximum atomic E-state index is 12.1. The molecular weight excluding hydrogens is 416 g/mol. The molecule has 0 saturated heterocycles. The van der Waals surface area contributed by atoms with Gasteiger partial charge in [0, 0.05) is 14.9 Å². The van der Waals surface area contributed by atoms with Crippen molar-refractivity contribution in [1.29, 1.82) is 0 Å². The van der Waals surface area contributed by atoms with E-state index in [-0.39, 0.29) is 17.4 Å². The molecular formula is C18H15BrN4O2S. The van der Waals surface area contributed by atoms with E-state index in [1.165, 1.54) is 11.8 Å². The number of rotatable bonds is 5. The first kappa shape index (κ1) is 18.2. The molecule has 1 aromatic heterocycles. The van der Waals surface area contributed by atoms with Crippen molar-refractivity contribution in [1.82, 2.24) is 21.0 Å². The van der Waals surface area contributed by atoms with Crippen molar-refractivity contribution >= 4 is 39.5 Å². The van der Waals surface area contributed by atoms with E-state index in [1.54, 1.807) is 6.07 Å². The molecule has 3 N–H and O–H groups in total. The Morgan fingerprint density at radius 3 is 2.50 bits per heavy atom. The number of carbonyl (C=O) groups excluding carboxylic acids is 2. The minimum absolute atomic E-state index is 0.195. The van der Waals surface area contributed by atoms with Gasteiger partial charge < -0.3 is 0 Å². The van der Waals surface area contributed by atoms with E-state index in [2.05, 4.69) is 37.0 Å². The highest BCUT2D eigenvalue weighted by atomic mass is 79.9. The average molecular weight is 431 g/mol. The number of nitrogens with one attached hydrogen (secondary N) is 3. The molecule has 0 aliphatic rings. The van der Waals surface area contributed by atoms with E-state index < -0.39 is 5.91 Å². The van der Waals surface area contributed by atoms with E-state index in [4.69, 9.17) is 0 Å². The first-order valence-electron chi connectivity index (χ1n) is 7.70. The van der Waals surface area contributed by atoms with Gasteiger partial charge >= 0.3 is 0 Å². The van der Waals surface area contributed by atoms with Crippen LogP contribution in [-0.2, 0) is 4.79 Å². The van der Waals surface area contributed by atoms with Crippen molar-refractivity contribution in [2.45, 2.75) is 4.90 Å². The first-order valence-corrected chi connectivity index (χ1v) is 9.48. The largest absolute Gasteiger partial charge is 0.287 e. The molecule has 132 valence electrons. The maximum Gasteiger partial charge on any atom is 0.287 e. The number of hydrogen-bond acceptors (Lipinski definition) is 4. The third-order valence-corrected chi connectivity index (χ3v) is 4.93. The second-order valence-corrected chi connectivity index (χ2v) is 7.24. The topological polar surface area (TPSA) is 86.9 Å². The second kappa shape index (κ2) is 8.68. The van der Waals surface area contributed by atoms with E-state index in [0.717, 1.165) is 14.9 Å². The van der Waals surface area contributed by atoms with Crippen LogP contribution in [0.2, 0.25) is 0 Å². The molecule has 1 heterocycles. The molecule has 6 nitrogen and oxygen atoms in total. The summed E-state index contributed by atoms with van der Waals surface area (Å²) in [6.07, 6.45) is 0. The van der Waals surface area contributed by atoms with Crippen molar-refractivity contribution in [3.05, 3.63) is 70.8 Å². The Hall–Kier alpha value is -2.58. The lowest BCUT2D eigenvalue weighted by molar-refractivity contribution is -0.119. The van der Waals surface area contributed by atoms with Crippen LogP contribution in [0.4, 0.5) is 0 Å². The molecule has 0 aliphatic carbocycles. The van der Waals surface area contributed by atoms with E-state index in [9.17, 15) is 9.59 Å². The van der Waals surface area contributed by atoms with Gasteiger partial charge in [0.15, 0.2) is 0 Å². The fraction of sp³-hybridized carbons (Fsp3) is 0.0556. The fourth-order valence-electron chi connectivity index (χ4n) is 2.10. The number of hydrogen-bond donors (Lipinski definition) is 3. The maximum absolute atomic E-state index is 12.1. The smallest absolute Gasteiger partial charge is 0.272 e. The number of benzene rings is 2. The third kappa shape index (κ3) is 4.96. The molecule has 0 atom stereocenters. The van der Waals surface area contributed by atoms with Gasteiger partial charge in [0.05, 0.1) is 11.4 Å². The molecule has 0 spiro atoms. The average Bonchev–Trinajstić information content (AvgIpc) is 3.17. The van der Waals surface area contributed by atoms with Crippen LogP contribution in [0.3, 0.4) is 0 Å². The van der Waals surface area contributed by atoms with Gasteiger partial charge in [-0.05, 0) is 30.3 Å². The van der Waals surface area contributed by atoms with Crippen LogP contribution in [0, 0.1) is 0 Å². The van der Waals surface area contributed by atoms with Crippen molar-refractivity contribution in [3.8, 4) is 11.3 Å². The van der Waals surface area contributed by atoms with Gasteiger partial charge in [-0.1, -0.05) is 46.3 Å². The Bertz CT molecular complexity index is 897. The Labute approximate surface area is 162 Å². The number of halogens is 1. The quantitative estimate of drug-likeness (QED) is 0.427. The summed E-state index contributed by atoms with van der Waals surface area (Å²) >= 11 is 4.74. The summed E-state index contributed by atoms with van der Waals surface area (Å²) in [7, 11) is 0. The summed E-state index contributed by atoms with van der Waals surface area (Å²) < 4.78 is 0.980. The Kier molecular flexibility index (Phi) is 6.08. The SMILES string of the molecule is O=C(CSc1ccc(Br)cc1)NNC(=O)c1cc(-c2ccccc2)n[nH]1. The van der Waals surface area contributed by atoms with Crippen molar-refractivity contribution in [2.75, 3.05) is 5.75 Å². The van der Waals surface area contributed by atoms with Crippen LogP contribution >= 0.6 is 27.7 Å². The van der Waals surface area contributed by atoms with Gasteiger partial charge in [0.25, 0.3) is 5.91 Å². The Morgan fingerprint density at radius 2 is 1.77 bits per heavy atom. The predicted octanol–water partition coefficient (Wildman–Crippen LogP) is 3.39. The molecule has 0 radical (unpaired) electrons. The lowest BCUT2D eigenvalue weighted by atomic mass is 10.1. The highest BCUT2D eigenvalue weighted by Gasteiger charge is 2.12. The minimum atomic E-state index is -0.457. The lowest BCUT2D eigenvalue weighted by Gasteiger charge is -2.06. The number of amides is 2. The molecule has 0 unspecified atom stereocenters. The number of carbonyl (C=O) groups is 2. The molecule has 26 heavy (non-hydrogen) atoms. The van der Waals surface area contributed by atoms with E-state index in [0.29, 0.717) is 5.69 Å². The van der Waals surface area contributed by atoms with E-state index in [1.807, 2.05) is 54.6 Å². The Morgan fingerprint density at radius 1 is 1.04 bits per heavy atom. The van der Waals surface area contributed by atoms with Crippen LogP contribution in [0.15, 0.2) is 70.0 Å². The molecule has 0 saturated carbocycles. The predicted molar refractivity (Wildman–Crippen MR) is 104 cm³/mol. The van der Waals surface area contributed by atoms with Gasteiger partial charge in [-0.3, -0.25) is 25.5 Å². The molecule has 3 rings (SSSR count). The Balaban J connectivity index is 1.48. The normalized spacial score (nSPS) is 10.3. The minimum Gasteiger partial charge on any atom is -0.272 e. The standard InChI is InChI=1S/C18H15BrN4O2S/c19-13-6-8-14(9-7-13)26-11-17(24)22-23-18(25)16-10-15(20-21-16)12-4-2-1-3-5-12/h1-10H,11H2,(H,20,21)(H,22,24)(H,23,25). The number of aromatic nitrogens is 2. The number of thioether (sulfide) groups is 1. The van der Waals surface area contributed by atoms with Crippen molar-refractivity contribution in [2.24, 2.45) is 0 Å². The molecule has 8 heteroatoms. The molecule has 0 aliphatic heterocycles. The van der Waals surface area contributed by atoms with Crippen LogP contribution in [0.5, 0.6) is 0 Å². The van der Waals surface area contributed by atoms with Gasteiger partial charge in [-0.2, -0.15) is 5.10 Å². The van der Waals surface area contributed by atoms with Gasteiger partial charge in [-0.15, -0.1) is 11.8 Å². The molecule has 0 fully saturated rings. The fourth-order valence-corrected chi connectivity index (χ4v) is 3.07. The zero-order valence-corrected chi connectivity index (χ0v) is 15.9. The molecule has 0 bridgehead atoms. The number of nitrogens with zero attached hydrogens (tertiary/aromatic N) is 1. The zero-order valence-electron chi connectivity index (χ0n) is 13.5. The lowest BCUT2D eigenvalue weighted by Crippen LogP contribution is -2.42. The van der Waals surface area contributed by atoms with Crippen molar-refractivity contribution in [3.63, 3.8) is 0 Å². The third-order valence-electron chi connectivity index (χ3n) is 3.39. The van der Waals surface area contributed by atoms with Crippen LogP contribution in [0.25, 0.3) is 11.3 Å². The van der Waals surface area contributed by atoms with Crippen LogP contribution < -0.4 is 10.9 Å². The first-order chi connectivity index (χ1) is 12.6. The summed E-state index contributed by atoms with van der Waals surface area (Å²) in [6, 6.07) is 18.8. The summed E-state index contributed by atoms with van der Waals surface area (Å²) in [5.74, 6) is -0.559. The molecule has 2 amide bonds. The van der Waals surface area contributed by atoms with Gasteiger partial charge in [0.2, 0.25) is 5.91 Å². The molecule has 3 aromatic rings. The number of H-pyrrole nitrogens is 1. The summed E-state index contributed by atoms with van der Waals surface area (Å²) in [6.45, 7) is 0. The number of aromatic amines is 1. The summed E-state index contributed by atoms with van der Waals surface area (Å²) in [5.41, 5.74) is 6.60. The highest BCUT2D eigenvalue weighted by Crippen LogP contribution is 2.20. The van der Waals surface area contributed by atoms with E-state index >= 15 is 0 Å². The van der Waals surface area contributed by atoms with Crippen LogP contribution in [-0.4, -0.2) is 27.8 Å². The van der Waals surface area contributed by atoms with Gasteiger partial charge in [-0.25, -0.2) is 0 Å². The van der Waals surface area contributed by atoms with Gasteiger partial charge in [0.1, 0.15) is 5.69 Å².